The molecular formula is C12H15NO2. The molecule has 0 atom stereocenters. The number of rotatable bonds is 4. The van der Waals surface area contributed by atoms with Gasteiger partial charge in [0.15, 0.2) is 0 Å². The van der Waals surface area contributed by atoms with Crippen LogP contribution in [0.2, 0.25) is 0 Å². The molecule has 0 radical (unpaired) electrons. The molecule has 1 rings (SSSR count). The molecule has 0 unspecified atom stereocenters. The Morgan fingerprint density at radius 2 is 1.93 bits per heavy atom. The van der Waals surface area contributed by atoms with Crippen molar-refractivity contribution in [2.75, 3.05) is 7.11 Å². The summed E-state index contributed by atoms with van der Waals surface area (Å²) in [5, 5.41) is 0. The molecular weight excluding hydrogens is 190 g/mol. The maximum absolute atomic E-state index is 10.3. The molecule has 0 amide bonds. The van der Waals surface area contributed by atoms with Gasteiger partial charge in [0.25, 0.3) is 0 Å². The lowest BCUT2D eigenvalue weighted by atomic mass is 9.94. The highest BCUT2D eigenvalue weighted by Gasteiger charge is 2.18. The van der Waals surface area contributed by atoms with E-state index in [0.29, 0.717) is 6.61 Å². The highest BCUT2D eigenvalue weighted by atomic mass is 16.5. The van der Waals surface area contributed by atoms with Crippen LogP contribution in [0, 0.1) is 0 Å². The summed E-state index contributed by atoms with van der Waals surface area (Å²) in [4.78, 5) is 14.0. The minimum Gasteiger partial charge on any atom is -0.380 e. The summed E-state index contributed by atoms with van der Waals surface area (Å²) in [6, 6.07) is 7.85. The zero-order valence-corrected chi connectivity index (χ0v) is 9.28. The molecule has 3 heteroatoms. The molecule has 3 nitrogen and oxygen atoms in total. The first-order valence-electron chi connectivity index (χ1n) is 4.77. The van der Waals surface area contributed by atoms with E-state index in [-0.39, 0.29) is 0 Å². The van der Waals surface area contributed by atoms with Gasteiger partial charge in [0.1, 0.15) is 0 Å². The molecule has 80 valence electrons. The Morgan fingerprint density at radius 1 is 1.33 bits per heavy atom. The van der Waals surface area contributed by atoms with E-state index in [0.717, 1.165) is 11.1 Å². The lowest BCUT2D eigenvalue weighted by Gasteiger charge is -2.17. The Bertz CT molecular complexity index is 362. The lowest BCUT2D eigenvalue weighted by molar-refractivity contribution is 0.185. The van der Waals surface area contributed by atoms with Crippen molar-refractivity contribution in [3.63, 3.8) is 0 Å². The highest BCUT2D eigenvalue weighted by molar-refractivity contribution is 5.37. The van der Waals surface area contributed by atoms with Crippen molar-refractivity contribution in [3.05, 3.63) is 35.4 Å². The maximum Gasteiger partial charge on any atom is 0.235 e. The van der Waals surface area contributed by atoms with Crippen LogP contribution in [0.1, 0.15) is 25.0 Å². The quantitative estimate of drug-likeness (QED) is 0.559. The fourth-order valence-electron chi connectivity index (χ4n) is 1.35. The minimum atomic E-state index is -0.507. The van der Waals surface area contributed by atoms with Crippen molar-refractivity contribution >= 4 is 6.08 Å². The summed E-state index contributed by atoms with van der Waals surface area (Å²) in [7, 11) is 1.66. The first-order valence-corrected chi connectivity index (χ1v) is 4.77. The van der Waals surface area contributed by atoms with Crippen molar-refractivity contribution < 1.29 is 9.53 Å². The monoisotopic (exact) mass is 205 g/mol. The van der Waals surface area contributed by atoms with Crippen molar-refractivity contribution in [2.24, 2.45) is 4.99 Å². The molecule has 0 aliphatic carbocycles. The summed E-state index contributed by atoms with van der Waals surface area (Å²) in [5.41, 5.74) is 1.59. The van der Waals surface area contributed by atoms with Crippen molar-refractivity contribution in [1.82, 2.24) is 0 Å². The fraction of sp³-hybridized carbons (Fsp3) is 0.417. The third kappa shape index (κ3) is 3.01. The van der Waals surface area contributed by atoms with E-state index >= 15 is 0 Å². The van der Waals surface area contributed by atoms with E-state index in [1.165, 1.54) is 0 Å². The molecule has 0 spiro atoms. The SMILES string of the molecule is COCc1ccc(C(C)(C)N=C=O)cc1. The number of aliphatic imine (C=N–C) groups is 1. The van der Waals surface area contributed by atoms with Crippen molar-refractivity contribution in [3.8, 4) is 0 Å². The van der Waals surface area contributed by atoms with Gasteiger partial charge in [-0.2, -0.15) is 4.99 Å². The summed E-state index contributed by atoms with van der Waals surface area (Å²) in [5.74, 6) is 0. The zero-order chi connectivity index (χ0) is 11.3. The van der Waals surface area contributed by atoms with Crippen LogP contribution in [0.15, 0.2) is 29.3 Å². The third-order valence-electron chi connectivity index (χ3n) is 2.30. The molecule has 0 aliphatic heterocycles. The topological polar surface area (TPSA) is 38.7 Å². The number of ether oxygens (including phenoxy) is 1. The van der Waals surface area contributed by atoms with Crippen LogP contribution in [0.5, 0.6) is 0 Å². The first kappa shape index (κ1) is 11.6. The fourth-order valence-corrected chi connectivity index (χ4v) is 1.35. The number of carbonyl (C=O) groups excluding carboxylic acids is 1. The van der Waals surface area contributed by atoms with Crippen LogP contribution in [-0.2, 0) is 21.7 Å². The summed E-state index contributed by atoms with van der Waals surface area (Å²) >= 11 is 0. The Balaban J connectivity index is 2.92. The van der Waals surface area contributed by atoms with E-state index < -0.39 is 5.54 Å². The molecule has 0 aromatic heterocycles. The van der Waals surface area contributed by atoms with Gasteiger partial charge < -0.3 is 4.74 Å². The van der Waals surface area contributed by atoms with Gasteiger partial charge in [0.05, 0.1) is 12.1 Å². The minimum absolute atomic E-state index is 0.507. The standard InChI is InChI=1S/C12H15NO2/c1-12(2,13-9-14)11-6-4-10(5-7-11)8-15-3/h4-7H,8H2,1-3H3. The molecule has 15 heavy (non-hydrogen) atoms. The molecule has 0 fully saturated rings. The van der Waals surface area contributed by atoms with Gasteiger partial charge in [-0.15, -0.1) is 0 Å². The molecule has 0 aliphatic rings. The number of nitrogens with zero attached hydrogens (tertiary/aromatic N) is 1. The van der Waals surface area contributed by atoms with Crippen molar-refractivity contribution in [2.45, 2.75) is 26.0 Å². The van der Waals surface area contributed by atoms with Crippen LogP contribution < -0.4 is 0 Å². The predicted molar refractivity (Wildman–Crippen MR) is 58.3 cm³/mol. The van der Waals surface area contributed by atoms with Gasteiger partial charge in [-0.05, 0) is 25.0 Å². The van der Waals surface area contributed by atoms with Gasteiger partial charge in [0.2, 0.25) is 6.08 Å². The molecule has 0 bridgehead atoms. The number of isocyanates is 1. The Hall–Kier alpha value is -1.44. The van der Waals surface area contributed by atoms with Crippen LogP contribution in [-0.4, -0.2) is 13.2 Å². The number of hydrogen-bond donors (Lipinski definition) is 0. The predicted octanol–water partition coefficient (Wildman–Crippen LogP) is 2.40. The molecule has 1 aromatic carbocycles. The zero-order valence-electron chi connectivity index (χ0n) is 9.28. The summed E-state index contributed by atoms with van der Waals surface area (Å²) in [6.45, 7) is 4.35. The van der Waals surface area contributed by atoms with E-state index in [1.54, 1.807) is 13.2 Å². The molecule has 1 aromatic rings. The van der Waals surface area contributed by atoms with Gasteiger partial charge >= 0.3 is 0 Å². The molecule has 0 N–H and O–H groups in total. The Morgan fingerprint density at radius 3 is 2.40 bits per heavy atom. The Kier molecular flexibility index (Phi) is 3.78. The Labute approximate surface area is 89.8 Å². The first-order chi connectivity index (χ1) is 7.10. The van der Waals surface area contributed by atoms with E-state index in [4.69, 9.17) is 4.74 Å². The molecule has 0 heterocycles. The van der Waals surface area contributed by atoms with Crippen LogP contribution in [0.3, 0.4) is 0 Å². The van der Waals surface area contributed by atoms with Crippen LogP contribution in [0.25, 0.3) is 0 Å². The van der Waals surface area contributed by atoms with Crippen LogP contribution in [0.4, 0.5) is 0 Å². The average Bonchev–Trinajstić information content (AvgIpc) is 2.19. The summed E-state index contributed by atoms with van der Waals surface area (Å²) < 4.78 is 5.02. The van der Waals surface area contributed by atoms with Crippen LogP contribution >= 0.6 is 0 Å². The highest BCUT2D eigenvalue weighted by Crippen LogP contribution is 2.24. The second-order valence-corrected chi connectivity index (χ2v) is 3.89. The lowest BCUT2D eigenvalue weighted by Crippen LogP contribution is -2.13. The van der Waals surface area contributed by atoms with Gasteiger partial charge in [-0.25, -0.2) is 4.79 Å². The van der Waals surface area contributed by atoms with E-state index in [1.807, 2.05) is 38.1 Å². The van der Waals surface area contributed by atoms with Gasteiger partial charge in [0, 0.05) is 7.11 Å². The average molecular weight is 205 g/mol. The smallest absolute Gasteiger partial charge is 0.235 e. The molecule has 0 saturated heterocycles. The largest absolute Gasteiger partial charge is 0.380 e. The summed E-state index contributed by atoms with van der Waals surface area (Å²) in [6.07, 6.45) is 1.60. The molecule has 0 saturated carbocycles. The second-order valence-electron chi connectivity index (χ2n) is 3.89. The van der Waals surface area contributed by atoms with E-state index in [9.17, 15) is 4.79 Å². The maximum atomic E-state index is 10.3. The number of hydrogen-bond acceptors (Lipinski definition) is 3. The number of methoxy groups -OCH3 is 1. The van der Waals surface area contributed by atoms with Crippen molar-refractivity contribution in [1.29, 1.82) is 0 Å². The number of benzene rings is 1. The van der Waals surface area contributed by atoms with Gasteiger partial charge in [-0.3, -0.25) is 0 Å². The third-order valence-corrected chi connectivity index (χ3v) is 2.30. The van der Waals surface area contributed by atoms with E-state index in [2.05, 4.69) is 4.99 Å². The van der Waals surface area contributed by atoms with Gasteiger partial charge in [-0.1, -0.05) is 24.3 Å². The second kappa shape index (κ2) is 4.87. The normalized spacial score (nSPS) is 10.9.